The molecule has 1 aromatic carbocycles. The molecule has 3 heteroatoms. The molecule has 2 aromatic rings. The Hall–Kier alpha value is -0.800. The Morgan fingerprint density at radius 2 is 2.17 bits per heavy atom. The molecule has 0 spiro atoms. The van der Waals surface area contributed by atoms with Gasteiger partial charge in [-0.05, 0) is 33.6 Å². The smallest absolute Gasteiger partial charge is 0.148 e. The molecule has 2 rings (SSSR count). The zero-order valence-electron chi connectivity index (χ0n) is 6.25. The lowest BCUT2D eigenvalue weighted by molar-refractivity contribution is 0.283. The van der Waals surface area contributed by atoms with Gasteiger partial charge in [0.25, 0.3) is 0 Å². The van der Waals surface area contributed by atoms with Gasteiger partial charge in [0, 0.05) is 5.39 Å². The highest BCUT2D eigenvalue weighted by molar-refractivity contribution is 9.10. The zero-order valence-corrected chi connectivity index (χ0v) is 7.84. The van der Waals surface area contributed by atoms with E-state index in [1.165, 1.54) is 0 Å². The largest absolute Gasteiger partial charge is 0.463 e. The minimum absolute atomic E-state index is 0.0450. The zero-order chi connectivity index (χ0) is 8.55. The van der Waals surface area contributed by atoms with E-state index in [9.17, 15) is 0 Å². The number of aliphatic hydroxyl groups is 1. The van der Waals surface area contributed by atoms with Crippen molar-refractivity contribution in [1.29, 1.82) is 0 Å². The summed E-state index contributed by atoms with van der Waals surface area (Å²) in [5.41, 5.74) is 1.68. The summed E-state index contributed by atoms with van der Waals surface area (Å²) in [4.78, 5) is 0. The molecule has 2 nitrogen and oxygen atoms in total. The van der Waals surface area contributed by atoms with E-state index in [-0.39, 0.29) is 6.61 Å². The van der Waals surface area contributed by atoms with E-state index < -0.39 is 0 Å². The second kappa shape index (κ2) is 2.92. The second-order valence-electron chi connectivity index (χ2n) is 2.53. The molecular formula is C9H7BrO2. The Bertz CT molecular complexity index is 406. The van der Waals surface area contributed by atoms with Crippen molar-refractivity contribution in [2.45, 2.75) is 6.61 Å². The van der Waals surface area contributed by atoms with Crippen molar-refractivity contribution >= 4 is 26.9 Å². The predicted molar refractivity (Wildman–Crippen MR) is 49.8 cm³/mol. The first kappa shape index (κ1) is 7.83. The highest BCUT2D eigenvalue weighted by Crippen LogP contribution is 2.27. The molecule has 0 saturated carbocycles. The van der Waals surface area contributed by atoms with Crippen molar-refractivity contribution in [3.63, 3.8) is 0 Å². The molecule has 0 aliphatic carbocycles. The molecule has 0 saturated heterocycles. The van der Waals surface area contributed by atoms with Crippen LogP contribution in [0.25, 0.3) is 11.0 Å². The topological polar surface area (TPSA) is 33.4 Å². The maximum Gasteiger partial charge on any atom is 0.148 e. The summed E-state index contributed by atoms with van der Waals surface area (Å²) in [6.07, 6.45) is 1.62. The lowest BCUT2D eigenvalue weighted by Gasteiger charge is -1.98. The third-order valence-corrected chi connectivity index (χ3v) is 2.45. The van der Waals surface area contributed by atoms with Crippen molar-refractivity contribution in [1.82, 2.24) is 0 Å². The van der Waals surface area contributed by atoms with Gasteiger partial charge in [0.2, 0.25) is 0 Å². The Kier molecular flexibility index (Phi) is 1.90. The summed E-state index contributed by atoms with van der Waals surface area (Å²) in [6.45, 7) is 0.0450. The number of benzene rings is 1. The van der Waals surface area contributed by atoms with Crippen LogP contribution in [0.5, 0.6) is 0 Å². The number of furan rings is 1. The summed E-state index contributed by atoms with van der Waals surface area (Å²) in [7, 11) is 0. The van der Waals surface area contributed by atoms with Crippen LogP contribution in [0.15, 0.2) is 33.4 Å². The molecule has 0 atom stereocenters. The fourth-order valence-electron chi connectivity index (χ4n) is 1.22. The van der Waals surface area contributed by atoms with Crippen LogP contribution in [0.1, 0.15) is 5.56 Å². The number of hydrogen-bond acceptors (Lipinski definition) is 2. The Morgan fingerprint density at radius 3 is 2.92 bits per heavy atom. The van der Waals surface area contributed by atoms with Gasteiger partial charge in [-0.15, -0.1) is 0 Å². The van der Waals surface area contributed by atoms with Crippen LogP contribution < -0.4 is 0 Å². The first-order chi connectivity index (χ1) is 5.83. The summed E-state index contributed by atoms with van der Waals surface area (Å²) in [5, 5.41) is 9.95. The van der Waals surface area contributed by atoms with E-state index in [0.29, 0.717) is 0 Å². The van der Waals surface area contributed by atoms with E-state index in [1.54, 1.807) is 6.26 Å². The van der Waals surface area contributed by atoms with E-state index in [1.807, 2.05) is 18.2 Å². The summed E-state index contributed by atoms with van der Waals surface area (Å²) >= 11 is 3.36. The van der Waals surface area contributed by atoms with E-state index >= 15 is 0 Å². The van der Waals surface area contributed by atoms with Gasteiger partial charge in [-0.3, -0.25) is 0 Å². The fourth-order valence-corrected chi connectivity index (χ4v) is 1.66. The van der Waals surface area contributed by atoms with Gasteiger partial charge < -0.3 is 9.52 Å². The minimum Gasteiger partial charge on any atom is -0.463 e. The molecule has 62 valence electrons. The van der Waals surface area contributed by atoms with Gasteiger partial charge in [0.05, 0.1) is 17.3 Å². The van der Waals surface area contributed by atoms with Gasteiger partial charge in [-0.25, -0.2) is 0 Å². The Morgan fingerprint density at radius 1 is 1.33 bits per heavy atom. The summed E-state index contributed by atoms with van der Waals surface area (Å²) < 4.78 is 6.15. The molecule has 12 heavy (non-hydrogen) atoms. The lowest BCUT2D eigenvalue weighted by atomic mass is 10.1. The summed E-state index contributed by atoms with van der Waals surface area (Å²) in [6, 6.07) is 5.60. The van der Waals surface area contributed by atoms with Crippen LogP contribution in [-0.2, 0) is 6.61 Å². The average Bonchev–Trinajstić information content (AvgIpc) is 2.54. The van der Waals surface area contributed by atoms with Gasteiger partial charge in [-0.1, -0.05) is 6.07 Å². The second-order valence-corrected chi connectivity index (χ2v) is 3.38. The van der Waals surface area contributed by atoms with E-state index in [4.69, 9.17) is 9.52 Å². The van der Waals surface area contributed by atoms with Crippen molar-refractivity contribution in [2.24, 2.45) is 0 Å². The highest BCUT2D eigenvalue weighted by atomic mass is 79.9. The molecule has 1 aromatic heterocycles. The van der Waals surface area contributed by atoms with Gasteiger partial charge in [-0.2, -0.15) is 0 Å². The molecule has 0 radical (unpaired) electrons. The quantitative estimate of drug-likeness (QED) is 0.812. The molecule has 1 N–H and O–H groups in total. The van der Waals surface area contributed by atoms with Crippen LogP contribution >= 0.6 is 15.9 Å². The molecule has 0 aliphatic heterocycles. The standard InChI is InChI=1S/C9H7BrO2/c10-8-2-1-6(5-11)7-3-4-12-9(7)8/h1-4,11H,5H2. The van der Waals surface area contributed by atoms with Crippen molar-refractivity contribution < 1.29 is 9.52 Å². The molecular weight excluding hydrogens is 220 g/mol. The van der Waals surface area contributed by atoms with Crippen LogP contribution in [0.2, 0.25) is 0 Å². The molecule has 1 heterocycles. The molecule has 0 amide bonds. The van der Waals surface area contributed by atoms with Crippen LogP contribution in [0, 0.1) is 0 Å². The van der Waals surface area contributed by atoms with Gasteiger partial charge >= 0.3 is 0 Å². The fraction of sp³-hybridized carbons (Fsp3) is 0.111. The number of halogens is 1. The Balaban J connectivity index is 2.82. The normalized spacial score (nSPS) is 10.8. The predicted octanol–water partition coefficient (Wildman–Crippen LogP) is 2.69. The highest BCUT2D eigenvalue weighted by Gasteiger charge is 2.05. The molecule has 0 aliphatic rings. The maximum absolute atomic E-state index is 8.99. The number of hydrogen-bond donors (Lipinski definition) is 1. The van der Waals surface area contributed by atoms with Crippen molar-refractivity contribution in [3.05, 3.63) is 34.5 Å². The van der Waals surface area contributed by atoms with E-state index in [0.717, 1.165) is 21.0 Å². The lowest BCUT2D eigenvalue weighted by Crippen LogP contribution is -1.82. The number of aliphatic hydroxyl groups excluding tert-OH is 1. The van der Waals surface area contributed by atoms with Crippen LogP contribution in [0.3, 0.4) is 0 Å². The molecule has 0 bridgehead atoms. The van der Waals surface area contributed by atoms with Crippen molar-refractivity contribution in [3.8, 4) is 0 Å². The van der Waals surface area contributed by atoms with Crippen LogP contribution in [0.4, 0.5) is 0 Å². The summed E-state index contributed by atoms with van der Waals surface area (Å²) in [5.74, 6) is 0. The third kappa shape index (κ3) is 1.06. The van der Waals surface area contributed by atoms with Crippen LogP contribution in [-0.4, -0.2) is 5.11 Å². The number of fused-ring (bicyclic) bond motifs is 1. The first-order valence-corrected chi connectivity index (χ1v) is 4.37. The van der Waals surface area contributed by atoms with Gasteiger partial charge in [0.15, 0.2) is 0 Å². The molecule has 0 fully saturated rings. The minimum atomic E-state index is 0.0450. The van der Waals surface area contributed by atoms with E-state index in [2.05, 4.69) is 15.9 Å². The Labute approximate surface area is 77.9 Å². The van der Waals surface area contributed by atoms with Gasteiger partial charge in [0.1, 0.15) is 5.58 Å². The van der Waals surface area contributed by atoms with Crippen molar-refractivity contribution in [2.75, 3.05) is 0 Å². The number of rotatable bonds is 1. The monoisotopic (exact) mass is 226 g/mol. The maximum atomic E-state index is 8.99. The molecule has 0 unspecified atom stereocenters. The average molecular weight is 227 g/mol. The third-order valence-electron chi connectivity index (χ3n) is 1.83. The first-order valence-electron chi connectivity index (χ1n) is 3.58. The SMILES string of the molecule is OCc1ccc(Br)c2occc12.